The summed E-state index contributed by atoms with van der Waals surface area (Å²) in [4.78, 5) is 168. The van der Waals surface area contributed by atoms with Gasteiger partial charge in [0, 0.05) is 69.3 Å². The van der Waals surface area contributed by atoms with Crippen LogP contribution < -0.4 is 76.3 Å². The molecule has 0 saturated carbocycles. The van der Waals surface area contributed by atoms with Gasteiger partial charge in [-0.1, -0.05) is 80.9 Å². The van der Waals surface area contributed by atoms with Gasteiger partial charge in [0.1, 0.15) is 54.1 Å². The fraction of sp³-hybridized carbons (Fsp3) is 0.484. The van der Waals surface area contributed by atoms with E-state index in [0.29, 0.717) is 42.5 Å². The lowest BCUT2D eigenvalue weighted by Crippen LogP contribution is -2.62. The average Bonchev–Trinajstić information content (AvgIpc) is 1.65. The number of hydrazine groups is 1. The largest absolute Gasteiger partial charge is 0.508 e. The first kappa shape index (κ1) is 81.8. The topological polar surface area (TPSA) is 542 Å². The van der Waals surface area contributed by atoms with Gasteiger partial charge in [0.15, 0.2) is 5.96 Å². The number of nitrogens with zero attached hydrogens (tertiary/aromatic N) is 2. The molecule has 2 heterocycles. The van der Waals surface area contributed by atoms with Crippen molar-refractivity contribution < 1.29 is 91.1 Å². The molecule has 3 aromatic carbocycles. The van der Waals surface area contributed by atoms with Crippen LogP contribution in [-0.2, 0) is 72.0 Å². The molecular formula is C64H90F3N17O16. The standard InChI is InChI=1S/C62H89N17O14.C2HF3O2/c1-34(2)26-45(55(87)71-43(18-13-25-68-61(66)67-4)54(86)72-44(53(65)85)29-38-32-69-42-17-11-10-16-41(38)42)75-62(93)78-77-57(89)46(27-36-14-7-5-8-15-36)74-59(91)52(35(3)80)76-56(88)47(31-50(64)83)73-58(90)49-30-40(82)33-79(49)60(92)48(28-37-20-22-39(81)23-21-37)70-51(84)19-9-6-12-24-63;3-2(4,5)1(6)7/h5,7-8,10-11,14-17,20-23,32,34-35,40,43-49,52,69,80-82H,6,9,12-13,18-19,24-31,33,63H2,1-4H3,(H2,64,83)(H2,65,85)(H,70,84)(H,71,87)(H,72,86)(H,73,90)(H,74,91)(H,76,88)(H,77,89)(H3,66,67,68)(H2,75,78,93);(H,6,7)/t35-,40-,43+,44+,45+,46+,47+,48-,49+,52+;/m1./s1. The number of phenols is 1. The van der Waals surface area contributed by atoms with Gasteiger partial charge < -0.3 is 95.8 Å². The van der Waals surface area contributed by atoms with Crippen molar-refractivity contribution in [3.05, 3.63) is 102 Å². The number of para-hydroxylation sites is 1. The van der Waals surface area contributed by atoms with E-state index in [1.54, 1.807) is 62.5 Å². The number of guanidine groups is 1. The lowest BCUT2D eigenvalue weighted by molar-refractivity contribution is -0.192. The van der Waals surface area contributed by atoms with Crippen molar-refractivity contribution in [1.29, 1.82) is 0 Å². The lowest BCUT2D eigenvalue weighted by Gasteiger charge is -2.30. The molecule has 33 nitrogen and oxygen atoms in total. The van der Waals surface area contributed by atoms with Crippen molar-refractivity contribution in [2.45, 2.75) is 165 Å². The van der Waals surface area contributed by atoms with E-state index in [-0.39, 0.29) is 82.1 Å². The number of aliphatic carboxylic acids is 1. The molecule has 100 heavy (non-hydrogen) atoms. The SMILES string of the molecule is CN=C(N)NCCC[C@H](NC(=O)[C@H](CC(C)C)NC(=O)NNC(=O)[C@H](Cc1ccccc1)NC(=O)[C@@H](NC(=O)[C@H](CC(N)=O)NC(=O)[C@@H]1C[C@@H](O)CN1C(=O)[C@@H](Cc1ccc(O)cc1)NC(=O)CCCCCN)[C@@H](C)O)C(=O)N[C@@H](Cc1c[nH]c2ccccc12)C(N)=O.O=C(O)C(F)(F)F. The molecule has 0 unspecified atom stereocenters. The summed E-state index contributed by atoms with van der Waals surface area (Å²) in [7, 11) is 1.48. The number of amides is 12. The van der Waals surface area contributed by atoms with Crippen LogP contribution >= 0.6 is 0 Å². The van der Waals surface area contributed by atoms with Gasteiger partial charge in [0.2, 0.25) is 53.2 Å². The molecule has 1 fully saturated rings. The number of phenolic OH excluding ortho intramolecular Hbond substituents is 1. The number of β-amino-alcohol motifs (C(OH)–C–C–N with tert-alkyl or cyclic N) is 1. The second-order valence-corrected chi connectivity index (χ2v) is 24.0. The van der Waals surface area contributed by atoms with Gasteiger partial charge in [0.25, 0.3) is 5.91 Å². The predicted molar refractivity (Wildman–Crippen MR) is 355 cm³/mol. The summed E-state index contributed by atoms with van der Waals surface area (Å²) in [6.07, 6.45) is -5.73. The van der Waals surface area contributed by atoms with Crippen LogP contribution in [0.15, 0.2) is 90.1 Å². The number of hydrogen-bond acceptors (Lipinski definition) is 17. The molecule has 0 bridgehead atoms. The molecule has 0 spiro atoms. The Morgan fingerprint density at radius 2 is 1.27 bits per heavy atom. The zero-order valence-corrected chi connectivity index (χ0v) is 55.6. The minimum absolute atomic E-state index is 0.0103. The lowest BCUT2D eigenvalue weighted by atomic mass is 10.0. The number of nitrogens with two attached hydrogens (primary N) is 4. The molecule has 12 amide bonds. The third-order valence-electron chi connectivity index (χ3n) is 15.5. The van der Waals surface area contributed by atoms with Crippen LogP contribution in [0.3, 0.4) is 0 Å². The summed E-state index contributed by atoms with van der Waals surface area (Å²) in [5.74, 6) is -12.1. The number of aliphatic hydroxyl groups is 2. The highest BCUT2D eigenvalue weighted by Crippen LogP contribution is 2.23. The number of alkyl halides is 3. The van der Waals surface area contributed by atoms with E-state index < -0.39 is 144 Å². The Morgan fingerprint density at radius 1 is 0.670 bits per heavy atom. The Labute approximate surface area is 573 Å². The van der Waals surface area contributed by atoms with Crippen LogP contribution in [0, 0.1) is 5.92 Å². The van der Waals surface area contributed by atoms with E-state index in [1.807, 2.05) is 24.3 Å². The van der Waals surface area contributed by atoms with Crippen molar-refractivity contribution >= 4 is 87.9 Å². The van der Waals surface area contributed by atoms with Crippen LogP contribution in [0.4, 0.5) is 18.0 Å². The van der Waals surface area contributed by atoms with Gasteiger partial charge in [-0.2, -0.15) is 13.2 Å². The number of rotatable bonds is 35. The van der Waals surface area contributed by atoms with Crippen molar-refractivity contribution in [3.8, 4) is 5.75 Å². The number of carboxylic acid groups (broad SMARTS) is 1. The highest BCUT2D eigenvalue weighted by Gasteiger charge is 2.44. The maximum atomic E-state index is 14.3. The van der Waals surface area contributed by atoms with E-state index in [2.05, 4.69) is 63.4 Å². The fourth-order valence-corrected chi connectivity index (χ4v) is 10.4. The number of aliphatic imine (C=N–C) groups is 1. The summed E-state index contributed by atoms with van der Waals surface area (Å²) in [5, 5.41) is 60.2. The van der Waals surface area contributed by atoms with Crippen molar-refractivity contribution in [2.24, 2.45) is 33.8 Å². The van der Waals surface area contributed by atoms with Gasteiger partial charge >= 0.3 is 18.2 Å². The van der Waals surface area contributed by atoms with E-state index in [1.165, 1.54) is 19.2 Å². The number of carboxylic acids is 1. The number of aromatic amines is 1. The second-order valence-electron chi connectivity index (χ2n) is 24.0. The third kappa shape index (κ3) is 27.7. The van der Waals surface area contributed by atoms with Crippen molar-refractivity contribution in [1.82, 2.24) is 63.3 Å². The van der Waals surface area contributed by atoms with E-state index in [9.17, 15) is 81.2 Å². The number of benzene rings is 3. The number of aromatic nitrogens is 1. The first-order valence-corrected chi connectivity index (χ1v) is 32.0. The van der Waals surface area contributed by atoms with Gasteiger partial charge in [-0.3, -0.25) is 58.4 Å². The van der Waals surface area contributed by atoms with E-state index in [4.69, 9.17) is 32.8 Å². The fourth-order valence-electron chi connectivity index (χ4n) is 10.4. The molecule has 0 aliphatic carbocycles. The van der Waals surface area contributed by atoms with Crippen molar-refractivity contribution in [3.63, 3.8) is 0 Å². The molecule has 36 heteroatoms. The number of H-pyrrole nitrogens is 1. The molecule has 23 N–H and O–H groups in total. The minimum Gasteiger partial charge on any atom is -0.508 e. The zero-order valence-electron chi connectivity index (χ0n) is 55.6. The number of carbonyl (C=O) groups is 12. The highest BCUT2D eigenvalue weighted by atomic mass is 19.4. The number of urea groups is 1. The Morgan fingerprint density at radius 3 is 1.88 bits per heavy atom. The van der Waals surface area contributed by atoms with E-state index in [0.717, 1.165) is 22.7 Å². The first-order chi connectivity index (χ1) is 47.2. The summed E-state index contributed by atoms with van der Waals surface area (Å²) >= 11 is 0. The maximum Gasteiger partial charge on any atom is 0.490 e. The van der Waals surface area contributed by atoms with Crippen molar-refractivity contribution in [2.75, 3.05) is 26.7 Å². The van der Waals surface area contributed by atoms with Crippen LogP contribution in [-0.4, -0.2) is 201 Å². The van der Waals surface area contributed by atoms with Crippen LogP contribution in [0.1, 0.15) is 95.2 Å². The number of unbranched alkanes of at least 4 members (excludes halogenated alkanes) is 2. The average molecular weight is 1410 g/mol. The number of primary amides is 2. The number of carbonyl (C=O) groups excluding carboxylic acids is 11. The number of halogens is 3. The smallest absolute Gasteiger partial charge is 0.490 e. The normalized spacial score (nSPS) is 16.0. The molecule has 5 rings (SSSR count). The summed E-state index contributed by atoms with van der Waals surface area (Å²) in [6.45, 7) is 4.95. The molecule has 1 aromatic heterocycles. The Balaban J connectivity index is 0.00000287. The molecule has 0 radical (unpaired) electrons. The molecule has 1 saturated heterocycles. The predicted octanol–water partition coefficient (Wildman–Crippen LogP) is -2.27. The zero-order chi connectivity index (χ0) is 74.4. The number of aliphatic hydroxyl groups excluding tert-OH is 2. The third-order valence-corrected chi connectivity index (χ3v) is 15.5. The minimum atomic E-state index is -5.08. The number of hydrogen-bond donors (Lipinski definition) is 19. The molecule has 1 aliphatic rings. The van der Waals surface area contributed by atoms with Gasteiger partial charge in [-0.25, -0.2) is 15.0 Å². The molecule has 10 atom stereocenters. The number of aromatic hydroxyl groups is 1. The summed E-state index contributed by atoms with van der Waals surface area (Å²) in [6, 6.07) is 8.45. The van der Waals surface area contributed by atoms with Crippen LogP contribution in [0.25, 0.3) is 10.9 Å². The first-order valence-electron chi connectivity index (χ1n) is 32.0. The monoisotopic (exact) mass is 1410 g/mol. The number of nitrogens with one attached hydrogen (secondary N) is 11. The molecular weight excluding hydrogens is 1320 g/mol. The molecule has 1 aliphatic heterocycles. The number of likely N-dealkylation sites (tertiary alicyclic amines) is 1. The second kappa shape index (κ2) is 40.3. The quantitative estimate of drug-likeness (QED) is 0.00999. The van der Waals surface area contributed by atoms with Crippen LogP contribution in [0.5, 0.6) is 5.75 Å². The summed E-state index contributed by atoms with van der Waals surface area (Å²) in [5.41, 5.74) is 29.6. The highest BCUT2D eigenvalue weighted by molar-refractivity contribution is 5.99. The van der Waals surface area contributed by atoms with Gasteiger partial charge in [-0.15, -0.1) is 0 Å². The molecule has 548 valence electrons. The Hall–Kier alpha value is -10.6. The van der Waals surface area contributed by atoms with E-state index >= 15 is 0 Å². The van der Waals surface area contributed by atoms with Gasteiger partial charge in [-0.05, 0) is 86.4 Å². The maximum absolute atomic E-state index is 14.3. The number of fused-ring (bicyclic) bond motifs is 1. The van der Waals surface area contributed by atoms with Crippen LogP contribution in [0.2, 0.25) is 0 Å². The summed E-state index contributed by atoms with van der Waals surface area (Å²) < 4.78 is 31.7. The van der Waals surface area contributed by atoms with Gasteiger partial charge in [0.05, 0.1) is 18.6 Å². The molecule has 4 aromatic rings. The Bertz CT molecular complexity index is 3470. The Kier molecular flexibility index (Phi) is 33.0.